The van der Waals surface area contributed by atoms with Crippen LogP contribution in [0.5, 0.6) is 0 Å². The van der Waals surface area contributed by atoms with Crippen LogP contribution in [-0.2, 0) is 4.74 Å². The van der Waals surface area contributed by atoms with Crippen LogP contribution in [0.15, 0.2) is 11.9 Å². The third-order valence-electron chi connectivity index (χ3n) is 2.57. The molecule has 0 N–H and O–H groups in total. The summed E-state index contributed by atoms with van der Waals surface area (Å²) < 4.78 is 42.0. The molecule has 0 bridgehead atoms. The third kappa shape index (κ3) is 2.83. The molecule has 98 valence electrons. The number of carbonyl (C=O) groups is 1. The first kappa shape index (κ1) is 13.7. The first-order chi connectivity index (χ1) is 7.54. The topological polar surface area (TPSA) is 32.8 Å². The summed E-state index contributed by atoms with van der Waals surface area (Å²) in [5, 5.41) is 0. The summed E-state index contributed by atoms with van der Waals surface area (Å²) in [6, 6.07) is 0. The van der Waals surface area contributed by atoms with E-state index in [1.54, 1.807) is 18.9 Å². The van der Waals surface area contributed by atoms with Gasteiger partial charge in [-0.15, -0.1) is 0 Å². The summed E-state index contributed by atoms with van der Waals surface area (Å²) in [7, 11) is 1.73. The molecule has 0 unspecified atom stereocenters. The van der Waals surface area contributed by atoms with Gasteiger partial charge in [0.1, 0.15) is 6.67 Å². The maximum absolute atomic E-state index is 12.5. The zero-order chi connectivity index (χ0) is 13.4. The van der Waals surface area contributed by atoms with Gasteiger partial charge >= 0.3 is 12.3 Å². The van der Waals surface area contributed by atoms with Crippen molar-refractivity contribution < 1.29 is 22.7 Å². The van der Waals surface area contributed by atoms with E-state index >= 15 is 0 Å². The van der Waals surface area contributed by atoms with Crippen molar-refractivity contribution in [2.45, 2.75) is 32.5 Å². The van der Waals surface area contributed by atoms with Crippen LogP contribution >= 0.6 is 0 Å². The van der Waals surface area contributed by atoms with Gasteiger partial charge in [0, 0.05) is 18.9 Å². The minimum Gasteiger partial charge on any atom is -0.433 e. The van der Waals surface area contributed by atoms with E-state index in [9.17, 15) is 18.0 Å². The Morgan fingerprint density at radius 3 is 2.29 bits per heavy atom. The Morgan fingerprint density at radius 1 is 1.41 bits per heavy atom. The van der Waals surface area contributed by atoms with E-state index in [1.807, 2.05) is 0 Å². The Morgan fingerprint density at radius 2 is 1.94 bits per heavy atom. The van der Waals surface area contributed by atoms with Crippen LogP contribution in [0.4, 0.5) is 18.0 Å². The van der Waals surface area contributed by atoms with E-state index in [0.717, 1.165) is 24.4 Å². The fourth-order valence-corrected chi connectivity index (χ4v) is 1.15. The molecule has 4 nitrogen and oxygen atoms in total. The van der Waals surface area contributed by atoms with Crippen LogP contribution in [-0.4, -0.2) is 41.4 Å². The van der Waals surface area contributed by atoms with Crippen LogP contribution < -0.4 is 0 Å². The van der Waals surface area contributed by atoms with E-state index in [2.05, 4.69) is 4.74 Å². The molecule has 0 aromatic carbocycles. The number of hydrogen-bond donors (Lipinski definition) is 0. The summed E-state index contributed by atoms with van der Waals surface area (Å²) in [5.74, 6) is 0. The fraction of sp³-hybridized carbons (Fsp3) is 0.700. The monoisotopic (exact) mass is 252 g/mol. The third-order valence-corrected chi connectivity index (χ3v) is 2.57. The number of carbonyl (C=O) groups excluding carboxylic acids is 1. The van der Waals surface area contributed by atoms with Crippen LogP contribution in [0.2, 0.25) is 0 Å². The highest BCUT2D eigenvalue weighted by Crippen LogP contribution is 2.33. The Bertz CT molecular complexity index is 350. The lowest BCUT2D eigenvalue weighted by molar-refractivity contribution is -0.245. The van der Waals surface area contributed by atoms with Gasteiger partial charge in [-0.2, -0.15) is 13.2 Å². The number of amides is 1. The highest BCUT2D eigenvalue weighted by Gasteiger charge is 2.51. The van der Waals surface area contributed by atoms with Crippen LogP contribution in [0.25, 0.3) is 0 Å². The molecule has 0 atom stereocenters. The van der Waals surface area contributed by atoms with Crippen molar-refractivity contribution in [3.05, 3.63) is 11.9 Å². The van der Waals surface area contributed by atoms with Crippen molar-refractivity contribution in [1.82, 2.24) is 9.80 Å². The van der Waals surface area contributed by atoms with Gasteiger partial charge in [0.15, 0.2) is 0 Å². The zero-order valence-electron chi connectivity index (χ0n) is 10.1. The molecular formula is C10H15F3N2O2. The average Bonchev–Trinajstić information content (AvgIpc) is 2.44. The van der Waals surface area contributed by atoms with Gasteiger partial charge in [-0.3, -0.25) is 4.90 Å². The number of ether oxygens (including phenoxy) is 1. The molecule has 1 heterocycles. The maximum atomic E-state index is 12.5. The molecule has 0 aliphatic carbocycles. The number of allylic oxidation sites excluding steroid dienone is 1. The minimum absolute atomic E-state index is 0.193. The first-order valence-electron chi connectivity index (χ1n) is 5.00. The Hall–Kier alpha value is -1.40. The molecule has 0 saturated carbocycles. The number of rotatable bonds is 1. The lowest BCUT2D eigenvalue weighted by Crippen LogP contribution is -2.46. The second-order valence-electron chi connectivity index (χ2n) is 4.46. The van der Waals surface area contributed by atoms with Crippen molar-refractivity contribution in [2.75, 3.05) is 13.7 Å². The van der Waals surface area contributed by atoms with Gasteiger partial charge in [-0.05, 0) is 20.8 Å². The van der Waals surface area contributed by atoms with Gasteiger partial charge in [0.25, 0.3) is 0 Å². The van der Waals surface area contributed by atoms with Crippen molar-refractivity contribution in [3.63, 3.8) is 0 Å². The normalized spacial score (nSPS) is 17.2. The molecule has 7 heteroatoms. The predicted molar refractivity (Wildman–Crippen MR) is 54.8 cm³/mol. The van der Waals surface area contributed by atoms with Crippen LogP contribution in [0.1, 0.15) is 20.8 Å². The second-order valence-corrected chi connectivity index (χ2v) is 4.46. The number of nitrogens with zero attached hydrogens (tertiary/aromatic N) is 2. The summed E-state index contributed by atoms with van der Waals surface area (Å²) in [6.45, 7) is 3.59. The summed E-state index contributed by atoms with van der Waals surface area (Å²) in [6.07, 6.45) is -4.14. The molecule has 1 aliphatic rings. The summed E-state index contributed by atoms with van der Waals surface area (Å²) in [4.78, 5) is 14.4. The number of alkyl halides is 3. The molecule has 1 rings (SSSR count). The highest BCUT2D eigenvalue weighted by molar-refractivity contribution is 5.70. The fourth-order valence-electron chi connectivity index (χ4n) is 1.15. The predicted octanol–water partition coefficient (Wildman–Crippen LogP) is 2.53. The zero-order valence-corrected chi connectivity index (χ0v) is 10.1. The van der Waals surface area contributed by atoms with E-state index in [1.165, 1.54) is 6.20 Å². The van der Waals surface area contributed by atoms with Crippen LogP contribution in [0, 0.1) is 0 Å². The van der Waals surface area contributed by atoms with Crippen molar-refractivity contribution in [1.29, 1.82) is 0 Å². The molecule has 0 aromatic heterocycles. The van der Waals surface area contributed by atoms with Gasteiger partial charge < -0.3 is 9.64 Å². The van der Waals surface area contributed by atoms with Crippen molar-refractivity contribution in [3.8, 4) is 0 Å². The van der Waals surface area contributed by atoms with E-state index in [-0.39, 0.29) is 6.67 Å². The SMILES string of the molecule is CC1=CN(C(=O)OC(C)(C)C(F)(F)F)CN1C. The quantitative estimate of drug-likeness (QED) is 0.719. The van der Waals surface area contributed by atoms with Crippen LogP contribution in [0.3, 0.4) is 0 Å². The highest BCUT2D eigenvalue weighted by atomic mass is 19.4. The largest absolute Gasteiger partial charge is 0.433 e. The van der Waals surface area contributed by atoms with Gasteiger partial charge in [-0.1, -0.05) is 0 Å². The molecular weight excluding hydrogens is 237 g/mol. The van der Waals surface area contributed by atoms with E-state index in [0.29, 0.717) is 0 Å². The van der Waals surface area contributed by atoms with E-state index < -0.39 is 17.9 Å². The molecule has 0 saturated heterocycles. The lowest BCUT2D eigenvalue weighted by atomic mass is 10.1. The molecule has 0 aromatic rings. The lowest BCUT2D eigenvalue weighted by Gasteiger charge is -2.29. The van der Waals surface area contributed by atoms with E-state index in [4.69, 9.17) is 0 Å². The van der Waals surface area contributed by atoms with Gasteiger partial charge in [-0.25, -0.2) is 4.79 Å². The standard InChI is InChI=1S/C10H15F3N2O2/c1-7-5-15(6-14(7)4)8(16)17-9(2,3)10(11,12)13/h5H,6H2,1-4H3. The maximum Gasteiger partial charge on any atom is 0.427 e. The molecule has 0 spiro atoms. The Labute approximate surface area is 97.6 Å². The molecule has 1 aliphatic heterocycles. The van der Waals surface area contributed by atoms with Crippen molar-refractivity contribution in [2.24, 2.45) is 0 Å². The Kier molecular flexibility index (Phi) is 3.31. The summed E-state index contributed by atoms with van der Waals surface area (Å²) >= 11 is 0. The number of hydrogen-bond acceptors (Lipinski definition) is 3. The second kappa shape index (κ2) is 4.12. The molecule has 0 fully saturated rings. The molecule has 1 amide bonds. The van der Waals surface area contributed by atoms with Crippen molar-refractivity contribution >= 4 is 6.09 Å². The van der Waals surface area contributed by atoms with Gasteiger partial charge in [0.05, 0.1) is 0 Å². The minimum atomic E-state index is -4.59. The molecule has 17 heavy (non-hydrogen) atoms. The number of halogens is 3. The first-order valence-corrected chi connectivity index (χ1v) is 5.00. The summed E-state index contributed by atoms with van der Waals surface area (Å²) in [5.41, 5.74) is -1.71. The van der Waals surface area contributed by atoms with Gasteiger partial charge in [0.2, 0.25) is 5.60 Å². The average molecular weight is 252 g/mol. The molecule has 0 radical (unpaired) electrons. The Balaban J connectivity index is 2.69. The smallest absolute Gasteiger partial charge is 0.427 e.